The first-order chi connectivity index (χ1) is 19.7. The molecule has 3 heterocycles. The Balaban J connectivity index is 1.29. The maximum atomic E-state index is 12.4. The summed E-state index contributed by atoms with van der Waals surface area (Å²) >= 11 is 3.55. The molecular weight excluding hydrogens is 586 g/mol. The van der Waals surface area contributed by atoms with Crippen molar-refractivity contribution in [2.45, 2.75) is 13.3 Å². The molecule has 1 aromatic heterocycles. The average Bonchev–Trinajstić information content (AvgIpc) is 3.25. The van der Waals surface area contributed by atoms with Crippen LogP contribution < -0.4 is 20.5 Å². The molecule has 1 amide bonds. The van der Waals surface area contributed by atoms with Crippen LogP contribution >= 0.6 is 15.9 Å². The lowest BCUT2D eigenvalue weighted by atomic mass is 10.2. The Morgan fingerprint density at radius 3 is 2.59 bits per heavy atom. The number of halogens is 1. The summed E-state index contributed by atoms with van der Waals surface area (Å²) in [7, 11) is 5.72. The van der Waals surface area contributed by atoms with Crippen LogP contribution in [0.1, 0.15) is 12.0 Å². The van der Waals surface area contributed by atoms with Gasteiger partial charge in [-0.1, -0.05) is 15.9 Å². The minimum atomic E-state index is -0.468. The molecule has 2 aliphatic heterocycles. The number of primary amides is 1. The monoisotopic (exact) mass is 623 g/mol. The molecule has 2 aliphatic rings. The van der Waals surface area contributed by atoms with Crippen molar-refractivity contribution in [2.24, 2.45) is 12.8 Å². The SMILES string of the molecule is COc1cc2c(cc1OC1=CCN(CCCN3CCN(C)CC3)C(C(N)=O)=C1)nc(Nc1ccc(Br)c(C)c1)n2C. The summed E-state index contributed by atoms with van der Waals surface area (Å²) in [4.78, 5) is 24.0. The number of fused-ring (bicyclic) bond motifs is 1. The number of rotatable bonds is 10. The second-order valence-electron chi connectivity index (χ2n) is 10.6. The van der Waals surface area contributed by atoms with Crippen molar-refractivity contribution in [3.63, 3.8) is 0 Å². The Bertz CT molecular complexity index is 1490. The zero-order valence-electron chi connectivity index (χ0n) is 24.1. The van der Waals surface area contributed by atoms with Crippen molar-refractivity contribution in [3.8, 4) is 11.5 Å². The first-order valence-corrected chi connectivity index (χ1v) is 14.6. The predicted octanol–water partition coefficient (Wildman–Crippen LogP) is 3.98. The summed E-state index contributed by atoms with van der Waals surface area (Å²) in [5.74, 6) is 1.85. The molecule has 218 valence electrons. The normalized spacial score (nSPS) is 16.5. The Hall–Kier alpha value is -3.54. The largest absolute Gasteiger partial charge is 0.493 e. The zero-order chi connectivity index (χ0) is 29.1. The third kappa shape index (κ3) is 6.69. The van der Waals surface area contributed by atoms with Crippen molar-refractivity contribution in [2.75, 3.05) is 65.3 Å². The number of ether oxygens (including phenoxy) is 2. The van der Waals surface area contributed by atoms with Gasteiger partial charge in [-0.15, -0.1) is 0 Å². The van der Waals surface area contributed by atoms with Gasteiger partial charge in [0.1, 0.15) is 11.5 Å². The van der Waals surface area contributed by atoms with Crippen molar-refractivity contribution in [1.82, 2.24) is 24.3 Å². The second-order valence-corrected chi connectivity index (χ2v) is 11.5. The summed E-state index contributed by atoms with van der Waals surface area (Å²) < 4.78 is 15.0. The number of carbonyl (C=O) groups is 1. The van der Waals surface area contributed by atoms with E-state index in [2.05, 4.69) is 44.2 Å². The molecule has 3 N–H and O–H groups in total. The minimum absolute atomic E-state index is 0.454. The number of amides is 1. The fraction of sp³-hybridized carbons (Fsp3) is 0.400. The number of nitrogens with one attached hydrogen (secondary N) is 1. The van der Waals surface area contributed by atoms with E-state index in [9.17, 15) is 4.79 Å². The zero-order valence-corrected chi connectivity index (χ0v) is 25.7. The third-order valence-electron chi connectivity index (χ3n) is 7.69. The van der Waals surface area contributed by atoms with Crippen LogP contribution in [-0.4, -0.2) is 90.1 Å². The van der Waals surface area contributed by atoms with Gasteiger partial charge < -0.3 is 39.8 Å². The van der Waals surface area contributed by atoms with Gasteiger partial charge in [-0.2, -0.15) is 0 Å². The smallest absolute Gasteiger partial charge is 0.265 e. The second kappa shape index (κ2) is 12.5. The summed E-state index contributed by atoms with van der Waals surface area (Å²) in [5, 5.41) is 3.40. The number of hydrogen-bond acceptors (Lipinski definition) is 8. The van der Waals surface area contributed by atoms with Crippen molar-refractivity contribution in [3.05, 3.63) is 64.0 Å². The molecule has 5 rings (SSSR count). The van der Waals surface area contributed by atoms with Crippen LogP contribution in [0.5, 0.6) is 11.5 Å². The summed E-state index contributed by atoms with van der Waals surface area (Å²) in [6.45, 7) is 8.69. The topological polar surface area (TPSA) is 101 Å². The highest BCUT2D eigenvalue weighted by Crippen LogP contribution is 2.36. The van der Waals surface area contributed by atoms with Gasteiger partial charge >= 0.3 is 0 Å². The third-order valence-corrected chi connectivity index (χ3v) is 8.58. The standard InChI is InChI=1S/C30H38BrN7O3/c1-20-16-21(6-7-23(20)31)33-30-34-24-18-28(27(40-4)19-25(24)36(30)3)41-22-8-11-38(26(17-22)29(32)39)10-5-9-37-14-12-35(2)13-15-37/h6-8,16-19H,5,9-15H2,1-4H3,(H2,32,39)(H,33,34). The Kier molecular flexibility index (Phi) is 8.86. The molecule has 1 fully saturated rings. The van der Waals surface area contributed by atoms with Crippen LogP contribution in [-0.2, 0) is 11.8 Å². The van der Waals surface area contributed by atoms with Crippen LogP contribution in [0.25, 0.3) is 11.0 Å². The molecule has 0 saturated carbocycles. The van der Waals surface area contributed by atoms with Crippen LogP contribution in [0.15, 0.2) is 58.4 Å². The number of methoxy groups -OCH3 is 1. The van der Waals surface area contributed by atoms with E-state index in [-0.39, 0.29) is 0 Å². The van der Waals surface area contributed by atoms with E-state index in [0.29, 0.717) is 35.4 Å². The molecule has 0 unspecified atom stereocenters. The summed E-state index contributed by atoms with van der Waals surface area (Å²) in [6.07, 6.45) is 4.64. The molecule has 11 heteroatoms. The van der Waals surface area contributed by atoms with E-state index in [0.717, 1.165) is 72.4 Å². The number of anilines is 2. The molecule has 3 aromatic rings. The van der Waals surface area contributed by atoms with Gasteiger partial charge in [-0.25, -0.2) is 4.98 Å². The first kappa shape index (κ1) is 29.0. The van der Waals surface area contributed by atoms with E-state index in [1.165, 1.54) is 0 Å². The van der Waals surface area contributed by atoms with Gasteiger partial charge in [-0.3, -0.25) is 4.79 Å². The first-order valence-electron chi connectivity index (χ1n) is 13.8. The van der Waals surface area contributed by atoms with Gasteiger partial charge in [-0.05, 0) is 56.8 Å². The number of imidazole rings is 1. The van der Waals surface area contributed by atoms with Crippen molar-refractivity contribution >= 4 is 44.5 Å². The molecule has 2 aromatic carbocycles. The number of hydrogen-bond donors (Lipinski definition) is 2. The van der Waals surface area contributed by atoms with Crippen LogP contribution in [0, 0.1) is 6.92 Å². The predicted molar refractivity (Wildman–Crippen MR) is 166 cm³/mol. The average molecular weight is 625 g/mol. The van der Waals surface area contributed by atoms with E-state index >= 15 is 0 Å². The summed E-state index contributed by atoms with van der Waals surface area (Å²) in [6, 6.07) is 9.83. The maximum Gasteiger partial charge on any atom is 0.265 e. The molecule has 0 bridgehead atoms. The Labute approximate surface area is 249 Å². The molecular formula is C30H38BrN7O3. The lowest BCUT2D eigenvalue weighted by Gasteiger charge is -2.33. The van der Waals surface area contributed by atoms with Crippen LogP contribution in [0.4, 0.5) is 11.6 Å². The summed E-state index contributed by atoms with van der Waals surface area (Å²) in [5.41, 5.74) is 9.95. The van der Waals surface area contributed by atoms with E-state index in [1.807, 2.05) is 53.8 Å². The number of aromatic nitrogens is 2. The van der Waals surface area contributed by atoms with E-state index in [1.54, 1.807) is 13.2 Å². The maximum absolute atomic E-state index is 12.4. The molecule has 0 spiro atoms. The molecule has 10 nitrogen and oxygen atoms in total. The number of aryl methyl sites for hydroxylation is 2. The fourth-order valence-corrected chi connectivity index (χ4v) is 5.43. The molecule has 41 heavy (non-hydrogen) atoms. The number of allylic oxidation sites excluding steroid dienone is 1. The number of nitrogens with two attached hydrogens (primary N) is 1. The van der Waals surface area contributed by atoms with Gasteiger partial charge in [0.15, 0.2) is 11.5 Å². The van der Waals surface area contributed by atoms with Gasteiger partial charge in [0.05, 0.1) is 18.1 Å². The van der Waals surface area contributed by atoms with Crippen molar-refractivity contribution in [1.29, 1.82) is 0 Å². The Morgan fingerprint density at radius 1 is 1.10 bits per heavy atom. The highest BCUT2D eigenvalue weighted by Gasteiger charge is 2.22. The minimum Gasteiger partial charge on any atom is -0.493 e. The fourth-order valence-electron chi connectivity index (χ4n) is 5.18. The van der Waals surface area contributed by atoms with Gasteiger partial charge in [0.25, 0.3) is 5.91 Å². The molecule has 0 radical (unpaired) electrons. The Morgan fingerprint density at radius 2 is 1.88 bits per heavy atom. The number of carbonyl (C=O) groups excluding carboxylic acids is 1. The van der Waals surface area contributed by atoms with E-state index < -0.39 is 5.91 Å². The number of benzene rings is 2. The van der Waals surface area contributed by atoms with Gasteiger partial charge in [0.2, 0.25) is 5.95 Å². The molecule has 0 aliphatic carbocycles. The highest BCUT2D eigenvalue weighted by molar-refractivity contribution is 9.10. The van der Waals surface area contributed by atoms with Crippen LogP contribution in [0.2, 0.25) is 0 Å². The lowest BCUT2D eigenvalue weighted by molar-refractivity contribution is -0.116. The quantitative estimate of drug-likeness (QED) is 0.350. The van der Waals surface area contributed by atoms with Crippen molar-refractivity contribution < 1.29 is 14.3 Å². The number of nitrogens with zero attached hydrogens (tertiary/aromatic N) is 5. The van der Waals surface area contributed by atoms with E-state index in [4.69, 9.17) is 20.2 Å². The van der Waals surface area contributed by atoms with Gasteiger partial charge in [0, 0.05) is 74.7 Å². The number of likely N-dealkylation sites (N-methyl/N-ethyl adjacent to an activating group) is 1. The molecule has 0 atom stereocenters. The lowest BCUT2D eigenvalue weighted by Crippen LogP contribution is -2.45. The van der Waals surface area contributed by atoms with Crippen LogP contribution in [0.3, 0.4) is 0 Å². The number of piperazine rings is 1. The highest BCUT2D eigenvalue weighted by atomic mass is 79.9. The molecule has 1 saturated heterocycles.